The number of fused-ring (bicyclic) bond motifs is 1. The quantitative estimate of drug-likeness (QED) is 0.441. The Morgan fingerprint density at radius 1 is 1.11 bits per heavy atom. The van der Waals surface area contributed by atoms with E-state index in [0.29, 0.717) is 31.7 Å². The monoisotopic (exact) mass is 491 g/mol. The number of carboxylic acid groups (broad SMARTS) is 1. The number of carbonyl (C=O) groups is 3. The van der Waals surface area contributed by atoms with Crippen LogP contribution in [0.15, 0.2) is 30.5 Å². The number of pyridine rings is 1. The van der Waals surface area contributed by atoms with Crippen molar-refractivity contribution in [1.29, 1.82) is 0 Å². The van der Waals surface area contributed by atoms with E-state index in [0.717, 1.165) is 22.7 Å². The molecule has 0 unspecified atom stereocenters. The smallest absolute Gasteiger partial charge is 0.303 e. The number of likely N-dealkylation sites (tertiary alicyclic amines) is 1. The maximum absolute atomic E-state index is 13.1. The number of nitrogens with zero attached hydrogens (tertiary/aromatic N) is 3. The zero-order valence-electron chi connectivity index (χ0n) is 21.2. The summed E-state index contributed by atoms with van der Waals surface area (Å²) in [7, 11) is 0. The number of imidazole rings is 1. The first kappa shape index (κ1) is 25.2. The van der Waals surface area contributed by atoms with Crippen molar-refractivity contribution >= 4 is 34.8 Å². The molecular weight excluding hydrogens is 458 g/mol. The van der Waals surface area contributed by atoms with Crippen molar-refractivity contribution in [1.82, 2.24) is 14.3 Å². The summed E-state index contributed by atoms with van der Waals surface area (Å²) in [5.41, 5.74) is 7.82. The number of hydrogen-bond acceptors (Lipinski definition) is 5. The van der Waals surface area contributed by atoms with Gasteiger partial charge < -0.3 is 25.0 Å². The number of nitrogens with one attached hydrogen (secondary N) is 2. The molecule has 0 radical (unpaired) electrons. The van der Waals surface area contributed by atoms with Crippen LogP contribution in [0.4, 0.5) is 11.4 Å². The summed E-state index contributed by atoms with van der Waals surface area (Å²) in [6, 6.07) is 8.14. The van der Waals surface area contributed by atoms with Crippen molar-refractivity contribution in [3.8, 4) is 0 Å². The van der Waals surface area contributed by atoms with Gasteiger partial charge in [0.25, 0.3) is 0 Å². The van der Waals surface area contributed by atoms with E-state index >= 15 is 0 Å². The van der Waals surface area contributed by atoms with Gasteiger partial charge in [0, 0.05) is 37.9 Å². The standard InChI is InChI=1S/C27H33N5O4/c1-16-6-5-7-17(2)22(16)13-28-23-12-21(15-32-19(4)18(3)29-26(23)32)30-27(36)20-10-11-31(14-20)24(33)8-9-25(34)35/h5-7,12,15,20,28H,8-11,13-14H2,1-4H3,(H,30,36)(H,34,35)/t20-/m0/s1. The highest BCUT2D eigenvalue weighted by molar-refractivity contribution is 5.94. The van der Waals surface area contributed by atoms with E-state index in [2.05, 4.69) is 36.6 Å². The normalized spacial score (nSPS) is 15.3. The molecular formula is C27H33N5O4. The van der Waals surface area contributed by atoms with Crippen molar-refractivity contribution in [2.75, 3.05) is 23.7 Å². The van der Waals surface area contributed by atoms with Gasteiger partial charge >= 0.3 is 5.97 Å². The number of aromatic nitrogens is 2. The van der Waals surface area contributed by atoms with Crippen molar-refractivity contribution in [2.24, 2.45) is 5.92 Å². The van der Waals surface area contributed by atoms with Gasteiger partial charge in [-0.1, -0.05) is 18.2 Å². The second-order valence-corrected chi connectivity index (χ2v) is 9.55. The maximum Gasteiger partial charge on any atom is 0.303 e. The lowest BCUT2D eigenvalue weighted by molar-refractivity contribution is -0.140. The van der Waals surface area contributed by atoms with Gasteiger partial charge in [-0.2, -0.15) is 0 Å². The molecule has 3 N–H and O–H groups in total. The van der Waals surface area contributed by atoms with Gasteiger partial charge in [0.15, 0.2) is 5.65 Å². The number of hydrogen-bond donors (Lipinski definition) is 3. The first-order chi connectivity index (χ1) is 17.1. The lowest BCUT2D eigenvalue weighted by atomic mass is 10.0. The van der Waals surface area contributed by atoms with Crippen LogP contribution in [0.25, 0.3) is 5.65 Å². The van der Waals surface area contributed by atoms with Crippen LogP contribution in [0, 0.1) is 33.6 Å². The number of amides is 2. The Bertz CT molecular complexity index is 1310. The van der Waals surface area contributed by atoms with E-state index in [9.17, 15) is 14.4 Å². The third-order valence-corrected chi connectivity index (χ3v) is 7.03. The average Bonchev–Trinajstić information content (AvgIpc) is 3.43. The van der Waals surface area contributed by atoms with E-state index in [1.165, 1.54) is 16.7 Å². The molecule has 1 aliphatic heterocycles. The van der Waals surface area contributed by atoms with E-state index < -0.39 is 5.97 Å². The molecule has 0 spiro atoms. The van der Waals surface area contributed by atoms with Gasteiger partial charge in [-0.15, -0.1) is 0 Å². The van der Waals surface area contributed by atoms with Crippen LogP contribution >= 0.6 is 0 Å². The molecule has 1 saturated heterocycles. The van der Waals surface area contributed by atoms with Crippen LogP contribution < -0.4 is 10.6 Å². The van der Waals surface area contributed by atoms with Gasteiger partial charge in [-0.3, -0.25) is 14.4 Å². The van der Waals surface area contributed by atoms with Crippen LogP contribution in [-0.4, -0.2) is 50.3 Å². The minimum absolute atomic E-state index is 0.0466. The average molecular weight is 492 g/mol. The molecule has 1 atom stereocenters. The van der Waals surface area contributed by atoms with Gasteiger partial charge in [-0.05, 0) is 56.9 Å². The van der Waals surface area contributed by atoms with Crippen molar-refractivity contribution in [3.63, 3.8) is 0 Å². The lowest BCUT2D eigenvalue weighted by Crippen LogP contribution is -2.31. The molecule has 9 nitrogen and oxygen atoms in total. The van der Waals surface area contributed by atoms with Crippen molar-refractivity contribution in [3.05, 3.63) is 58.5 Å². The molecule has 3 aromatic rings. The molecule has 0 saturated carbocycles. The molecule has 1 aliphatic rings. The van der Waals surface area contributed by atoms with Crippen LogP contribution in [0.3, 0.4) is 0 Å². The minimum atomic E-state index is -1.00. The molecule has 1 fully saturated rings. The molecule has 4 rings (SSSR count). The van der Waals surface area contributed by atoms with Crippen LogP contribution in [0.1, 0.15) is 47.3 Å². The molecule has 190 valence electrons. The largest absolute Gasteiger partial charge is 0.481 e. The summed E-state index contributed by atoms with van der Waals surface area (Å²) in [5, 5.41) is 15.4. The Labute approximate surface area is 210 Å². The molecule has 2 amide bonds. The van der Waals surface area contributed by atoms with E-state index in [1.54, 1.807) is 4.90 Å². The molecule has 3 heterocycles. The summed E-state index contributed by atoms with van der Waals surface area (Å²) in [6.45, 7) is 9.53. The number of carboxylic acids is 1. The molecule has 0 bridgehead atoms. The summed E-state index contributed by atoms with van der Waals surface area (Å²) in [6.07, 6.45) is 2.17. The lowest BCUT2D eigenvalue weighted by Gasteiger charge is -2.17. The third-order valence-electron chi connectivity index (χ3n) is 7.03. The SMILES string of the molecule is Cc1cccc(C)c1CNc1cc(NC(=O)[C@H]2CCN(C(=O)CCC(=O)O)C2)cn2c(C)c(C)nc12. The Morgan fingerprint density at radius 3 is 2.53 bits per heavy atom. The second kappa shape index (κ2) is 10.4. The fourth-order valence-electron chi connectivity index (χ4n) is 4.70. The predicted molar refractivity (Wildman–Crippen MR) is 138 cm³/mol. The zero-order valence-corrected chi connectivity index (χ0v) is 21.2. The van der Waals surface area contributed by atoms with Crippen molar-refractivity contribution < 1.29 is 19.5 Å². The molecule has 36 heavy (non-hydrogen) atoms. The summed E-state index contributed by atoms with van der Waals surface area (Å²) >= 11 is 0. The number of aliphatic carboxylic acids is 1. The first-order valence-electron chi connectivity index (χ1n) is 12.2. The fourth-order valence-corrected chi connectivity index (χ4v) is 4.70. The maximum atomic E-state index is 13.1. The number of anilines is 2. The Morgan fingerprint density at radius 2 is 1.83 bits per heavy atom. The first-order valence-corrected chi connectivity index (χ1v) is 12.2. The van der Waals surface area contributed by atoms with Crippen LogP contribution in [0.2, 0.25) is 0 Å². The van der Waals surface area contributed by atoms with Crippen LogP contribution in [0.5, 0.6) is 0 Å². The Hall–Kier alpha value is -3.88. The predicted octanol–water partition coefficient (Wildman–Crippen LogP) is 3.83. The summed E-state index contributed by atoms with van der Waals surface area (Å²) < 4.78 is 1.98. The topological polar surface area (TPSA) is 116 Å². The van der Waals surface area contributed by atoms with E-state index in [1.807, 2.05) is 36.6 Å². The van der Waals surface area contributed by atoms with Gasteiger partial charge in [0.05, 0.1) is 29.4 Å². The number of carbonyl (C=O) groups excluding carboxylic acids is 2. The second-order valence-electron chi connectivity index (χ2n) is 9.55. The number of rotatable bonds is 8. The van der Waals surface area contributed by atoms with Crippen LogP contribution in [-0.2, 0) is 20.9 Å². The number of benzene rings is 1. The minimum Gasteiger partial charge on any atom is -0.481 e. The highest BCUT2D eigenvalue weighted by Gasteiger charge is 2.31. The van der Waals surface area contributed by atoms with Crippen molar-refractivity contribution in [2.45, 2.75) is 53.5 Å². The van der Waals surface area contributed by atoms with E-state index in [-0.39, 0.29) is 30.6 Å². The molecule has 9 heteroatoms. The highest BCUT2D eigenvalue weighted by atomic mass is 16.4. The highest BCUT2D eigenvalue weighted by Crippen LogP contribution is 2.27. The van der Waals surface area contributed by atoms with Gasteiger partial charge in [0.2, 0.25) is 11.8 Å². The molecule has 2 aromatic heterocycles. The summed E-state index contributed by atoms with van der Waals surface area (Å²) in [5.74, 6) is -1.72. The Kier molecular flexibility index (Phi) is 7.28. The van der Waals surface area contributed by atoms with E-state index in [4.69, 9.17) is 10.1 Å². The fraction of sp³-hybridized carbons (Fsp3) is 0.407. The van der Waals surface area contributed by atoms with Gasteiger partial charge in [-0.25, -0.2) is 4.98 Å². The third kappa shape index (κ3) is 5.35. The molecule has 1 aromatic carbocycles. The molecule has 0 aliphatic carbocycles. The Balaban J connectivity index is 1.51. The number of aryl methyl sites for hydroxylation is 4. The summed E-state index contributed by atoms with van der Waals surface area (Å²) in [4.78, 5) is 42.4. The van der Waals surface area contributed by atoms with Gasteiger partial charge in [0.1, 0.15) is 0 Å². The zero-order chi connectivity index (χ0) is 26.0.